The second kappa shape index (κ2) is 6.35. The average Bonchev–Trinajstić information content (AvgIpc) is 3.56. The molecule has 1 aliphatic carbocycles. The first-order valence-electron chi connectivity index (χ1n) is 9.27. The van der Waals surface area contributed by atoms with Crippen molar-refractivity contribution in [3.63, 3.8) is 0 Å². The Kier molecular flexibility index (Phi) is 3.89. The summed E-state index contributed by atoms with van der Waals surface area (Å²) in [7, 11) is -3.76. The number of carbonyl (C=O) groups excluding carboxylic acids is 1. The van der Waals surface area contributed by atoms with Crippen molar-refractivity contribution in [1.82, 2.24) is 9.97 Å². The number of para-hydroxylation sites is 2. The second-order valence-corrected chi connectivity index (χ2v) is 9.44. The number of sulfone groups is 1. The summed E-state index contributed by atoms with van der Waals surface area (Å²) in [6.45, 7) is 0. The molecule has 0 atom stereocenters. The van der Waals surface area contributed by atoms with E-state index < -0.39 is 20.5 Å². The van der Waals surface area contributed by atoms with Crippen LogP contribution >= 0.6 is 0 Å². The fourth-order valence-electron chi connectivity index (χ4n) is 3.50. The van der Waals surface area contributed by atoms with Gasteiger partial charge in [0.05, 0.1) is 27.0 Å². The topological polar surface area (TPSA) is 89.0 Å². The van der Waals surface area contributed by atoms with Crippen LogP contribution < -0.4 is 5.32 Å². The molecule has 144 valence electrons. The van der Waals surface area contributed by atoms with E-state index in [0.717, 1.165) is 11.0 Å². The molecule has 6 nitrogen and oxygen atoms in total. The van der Waals surface area contributed by atoms with Crippen LogP contribution in [0.1, 0.15) is 12.8 Å². The van der Waals surface area contributed by atoms with Crippen LogP contribution in [-0.2, 0) is 14.6 Å². The zero-order chi connectivity index (χ0) is 20.1. The SMILES string of the molecule is O=C(Nc1ccc2nc3ccccc3nc2c1)C1(S(=O)(=O)c2ccccc2)CC1. The molecule has 4 aromatic rings. The summed E-state index contributed by atoms with van der Waals surface area (Å²) >= 11 is 0. The van der Waals surface area contributed by atoms with Gasteiger partial charge in [-0.25, -0.2) is 18.4 Å². The lowest BCUT2D eigenvalue weighted by atomic mass is 10.2. The van der Waals surface area contributed by atoms with E-state index in [0.29, 0.717) is 29.6 Å². The van der Waals surface area contributed by atoms with Gasteiger partial charge in [-0.2, -0.15) is 0 Å². The molecule has 0 saturated heterocycles. The highest BCUT2D eigenvalue weighted by Gasteiger charge is 2.61. The summed E-state index contributed by atoms with van der Waals surface area (Å²) in [6.07, 6.45) is 0.627. The van der Waals surface area contributed by atoms with E-state index in [1.54, 1.807) is 36.4 Å². The van der Waals surface area contributed by atoms with Gasteiger partial charge in [0.2, 0.25) is 5.91 Å². The molecule has 1 aromatic heterocycles. The largest absolute Gasteiger partial charge is 0.325 e. The molecule has 0 unspecified atom stereocenters. The molecule has 1 amide bonds. The van der Waals surface area contributed by atoms with E-state index in [1.807, 2.05) is 24.3 Å². The number of amides is 1. The number of fused-ring (bicyclic) bond motifs is 2. The molecule has 1 heterocycles. The first kappa shape index (κ1) is 17.8. The molecule has 5 rings (SSSR count). The summed E-state index contributed by atoms with van der Waals surface area (Å²) in [5.41, 5.74) is 3.40. The Labute approximate surface area is 167 Å². The molecular formula is C22H17N3O3S. The van der Waals surface area contributed by atoms with Crippen LogP contribution in [0, 0.1) is 0 Å². The number of rotatable bonds is 4. The van der Waals surface area contributed by atoms with Gasteiger partial charge in [0.15, 0.2) is 14.6 Å². The smallest absolute Gasteiger partial charge is 0.246 e. The molecule has 0 bridgehead atoms. The lowest BCUT2D eigenvalue weighted by Crippen LogP contribution is -2.37. The van der Waals surface area contributed by atoms with Crippen LogP contribution in [0.5, 0.6) is 0 Å². The monoisotopic (exact) mass is 403 g/mol. The van der Waals surface area contributed by atoms with E-state index in [1.165, 1.54) is 12.1 Å². The highest BCUT2D eigenvalue weighted by atomic mass is 32.2. The Bertz CT molecular complexity index is 1360. The molecule has 3 aromatic carbocycles. The molecule has 1 N–H and O–H groups in total. The summed E-state index contributed by atoms with van der Waals surface area (Å²) in [4.78, 5) is 22.3. The number of hydrogen-bond acceptors (Lipinski definition) is 5. The minimum absolute atomic E-state index is 0.170. The van der Waals surface area contributed by atoms with Crippen molar-refractivity contribution < 1.29 is 13.2 Å². The van der Waals surface area contributed by atoms with Crippen molar-refractivity contribution in [3.05, 3.63) is 72.8 Å². The van der Waals surface area contributed by atoms with Crippen LogP contribution in [0.4, 0.5) is 5.69 Å². The maximum Gasteiger partial charge on any atom is 0.246 e. The number of nitrogens with zero attached hydrogens (tertiary/aromatic N) is 2. The zero-order valence-electron chi connectivity index (χ0n) is 15.4. The summed E-state index contributed by atoms with van der Waals surface area (Å²) in [5.74, 6) is -0.505. The van der Waals surface area contributed by atoms with Gasteiger partial charge in [-0.15, -0.1) is 0 Å². The van der Waals surface area contributed by atoms with E-state index in [2.05, 4.69) is 15.3 Å². The van der Waals surface area contributed by atoms with Crippen LogP contribution in [0.3, 0.4) is 0 Å². The molecule has 0 spiro atoms. The fourth-order valence-corrected chi connectivity index (χ4v) is 5.40. The van der Waals surface area contributed by atoms with E-state index in [-0.39, 0.29) is 4.90 Å². The highest BCUT2D eigenvalue weighted by Crippen LogP contribution is 2.47. The highest BCUT2D eigenvalue weighted by molar-refractivity contribution is 7.94. The van der Waals surface area contributed by atoms with Gasteiger partial charge in [0.25, 0.3) is 0 Å². The summed E-state index contributed by atoms with van der Waals surface area (Å²) in [5, 5.41) is 2.77. The van der Waals surface area contributed by atoms with Gasteiger partial charge in [0, 0.05) is 5.69 Å². The molecule has 1 saturated carbocycles. The third-order valence-corrected chi connectivity index (χ3v) is 7.80. The van der Waals surface area contributed by atoms with Gasteiger partial charge in [-0.3, -0.25) is 4.79 Å². The Morgan fingerprint density at radius 3 is 2.03 bits per heavy atom. The quantitative estimate of drug-likeness (QED) is 0.525. The fraction of sp³-hybridized carbons (Fsp3) is 0.136. The van der Waals surface area contributed by atoms with E-state index in [4.69, 9.17) is 0 Å². The number of hydrogen-bond donors (Lipinski definition) is 1. The molecular weight excluding hydrogens is 386 g/mol. The van der Waals surface area contributed by atoms with Crippen LogP contribution in [0.2, 0.25) is 0 Å². The lowest BCUT2D eigenvalue weighted by Gasteiger charge is -2.16. The molecule has 1 aliphatic rings. The number of anilines is 1. The van der Waals surface area contributed by atoms with E-state index >= 15 is 0 Å². The van der Waals surface area contributed by atoms with Crippen molar-refractivity contribution in [2.24, 2.45) is 0 Å². The van der Waals surface area contributed by atoms with Gasteiger partial charge in [-0.1, -0.05) is 30.3 Å². The van der Waals surface area contributed by atoms with Gasteiger partial charge >= 0.3 is 0 Å². The number of benzene rings is 3. The minimum atomic E-state index is -3.76. The van der Waals surface area contributed by atoms with Crippen molar-refractivity contribution in [2.75, 3.05) is 5.32 Å². The van der Waals surface area contributed by atoms with Crippen LogP contribution in [0.15, 0.2) is 77.7 Å². The summed E-state index contributed by atoms with van der Waals surface area (Å²) < 4.78 is 24.6. The Morgan fingerprint density at radius 2 is 1.38 bits per heavy atom. The number of nitrogens with one attached hydrogen (secondary N) is 1. The number of aromatic nitrogens is 2. The molecule has 1 fully saturated rings. The maximum absolute atomic E-state index is 13.0. The van der Waals surface area contributed by atoms with Gasteiger partial charge in [0.1, 0.15) is 0 Å². The van der Waals surface area contributed by atoms with Crippen LogP contribution in [0.25, 0.3) is 22.1 Å². The van der Waals surface area contributed by atoms with Gasteiger partial charge in [-0.05, 0) is 55.3 Å². The minimum Gasteiger partial charge on any atom is -0.325 e. The first-order valence-corrected chi connectivity index (χ1v) is 10.8. The lowest BCUT2D eigenvalue weighted by molar-refractivity contribution is -0.116. The second-order valence-electron chi connectivity index (χ2n) is 7.18. The predicted molar refractivity (Wildman–Crippen MR) is 111 cm³/mol. The molecule has 29 heavy (non-hydrogen) atoms. The molecule has 0 radical (unpaired) electrons. The van der Waals surface area contributed by atoms with Crippen molar-refractivity contribution >= 4 is 43.5 Å². The van der Waals surface area contributed by atoms with Gasteiger partial charge < -0.3 is 5.32 Å². The summed E-state index contributed by atoms with van der Waals surface area (Å²) in [6, 6.07) is 20.9. The Balaban J connectivity index is 1.47. The van der Waals surface area contributed by atoms with Crippen molar-refractivity contribution in [3.8, 4) is 0 Å². The maximum atomic E-state index is 13.0. The standard InChI is InChI=1S/C22H17N3O3S/c26-21(22(12-13-22)29(27,28)16-6-2-1-3-7-16)23-15-10-11-19-20(14-15)25-18-9-5-4-8-17(18)24-19/h1-11,14H,12-13H2,(H,23,26). The van der Waals surface area contributed by atoms with Crippen LogP contribution in [-0.4, -0.2) is 29.0 Å². The van der Waals surface area contributed by atoms with Crippen molar-refractivity contribution in [1.29, 1.82) is 0 Å². The average molecular weight is 403 g/mol. The Hall–Kier alpha value is -3.32. The van der Waals surface area contributed by atoms with Crippen molar-refractivity contribution in [2.45, 2.75) is 22.5 Å². The van der Waals surface area contributed by atoms with E-state index in [9.17, 15) is 13.2 Å². The third-order valence-electron chi connectivity index (χ3n) is 5.28. The first-order chi connectivity index (χ1) is 14.0. The number of carbonyl (C=O) groups is 1. The molecule has 7 heteroatoms. The Morgan fingerprint density at radius 1 is 0.793 bits per heavy atom. The zero-order valence-corrected chi connectivity index (χ0v) is 16.2. The molecule has 0 aliphatic heterocycles. The predicted octanol–water partition coefficient (Wildman–Crippen LogP) is 3.73. The normalized spacial score (nSPS) is 15.3. The third kappa shape index (κ3) is 2.86.